The van der Waals surface area contributed by atoms with Crippen molar-refractivity contribution in [2.75, 3.05) is 13.1 Å². The van der Waals surface area contributed by atoms with Gasteiger partial charge < -0.3 is 10.2 Å². The van der Waals surface area contributed by atoms with E-state index >= 15 is 0 Å². The van der Waals surface area contributed by atoms with Crippen LogP contribution in [-0.2, 0) is 0 Å². The molecule has 1 aliphatic heterocycles. The molecular weight excluding hydrogens is 204 g/mol. The van der Waals surface area contributed by atoms with E-state index in [1.165, 1.54) is 6.42 Å². The van der Waals surface area contributed by atoms with Crippen molar-refractivity contribution in [2.45, 2.75) is 50.4 Å². The Hall–Kier alpha value is -0.630. The van der Waals surface area contributed by atoms with Crippen molar-refractivity contribution in [3.05, 3.63) is 0 Å². The fourth-order valence-corrected chi connectivity index (χ4v) is 2.94. The monoisotopic (exact) mass is 224 g/mol. The SMILES string of the molecule is N#CC1CCCCCC1N1CC(O)C(O)C1. The molecule has 90 valence electrons. The average molecular weight is 224 g/mol. The van der Waals surface area contributed by atoms with E-state index in [0.29, 0.717) is 13.1 Å². The van der Waals surface area contributed by atoms with Crippen LogP contribution in [-0.4, -0.2) is 46.5 Å². The molecule has 1 saturated carbocycles. The van der Waals surface area contributed by atoms with Gasteiger partial charge >= 0.3 is 0 Å². The van der Waals surface area contributed by atoms with Gasteiger partial charge in [0.25, 0.3) is 0 Å². The molecule has 0 amide bonds. The van der Waals surface area contributed by atoms with Crippen LogP contribution >= 0.6 is 0 Å². The summed E-state index contributed by atoms with van der Waals surface area (Å²) in [7, 11) is 0. The normalized spacial score (nSPS) is 41.6. The molecule has 0 bridgehead atoms. The molecule has 0 aromatic heterocycles. The highest BCUT2D eigenvalue weighted by molar-refractivity contribution is 4.98. The Morgan fingerprint density at radius 1 is 1.00 bits per heavy atom. The van der Waals surface area contributed by atoms with Crippen LogP contribution in [0.25, 0.3) is 0 Å². The highest BCUT2D eigenvalue weighted by Gasteiger charge is 2.37. The summed E-state index contributed by atoms with van der Waals surface area (Å²) >= 11 is 0. The lowest BCUT2D eigenvalue weighted by Crippen LogP contribution is -2.39. The highest BCUT2D eigenvalue weighted by atomic mass is 16.3. The van der Waals surface area contributed by atoms with Gasteiger partial charge in [-0.1, -0.05) is 19.3 Å². The lowest BCUT2D eigenvalue weighted by molar-refractivity contribution is 0.0572. The first-order valence-corrected chi connectivity index (χ1v) is 6.22. The van der Waals surface area contributed by atoms with Crippen LogP contribution in [0.5, 0.6) is 0 Å². The molecule has 16 heavy (non-hydrogen) atoms. The molecule has 2 N–H and O–H groups in total. The van der Waals surface area contributed by atoms with Crippen LogP contribution in [0.2, 0.25) is 0 Å². The summed E-state index contributed by atoms with van der Waals surface area (Å²) in [6.45, 7) is 1.04. The number of hydrogen-bond donors (Lipinski definition) is 2. The van der Waals surface area contributed by atoms with Crippen LogP contribution in [0, 0.1) is 17.2 Å². The van der Waals surface area contributed by atoms with Gasteiger partial charge in [0, 0.05) is 19.1 Å². The third-order valence-electron chi connectivity index (χ3n) is 3.90. The smallest absolute Gasteiger partial charge is 0.0938 e. The van der Waals surface area contributed by atoms with Crippen LogP contribution in [0.4, 0.5) is 0 Å². The Balaban J connectivity index is 2.03. The van der Waals surface area contributed by atoms with Gasteiger partial charge in [0.15, 0.2) is 0 Å². The zero-order chi connectivity index (χ0) is 11.5. The molecule has 0 aromatic carbocycles. The maximum absolute atomic E-state index is 9.55. The number of rotatable bonds is 1. The lowest BCUT2D eigenvalue weighted by atomic mass is 9.95. The molecule has 2 rings (SSSR count). The van der Waals surface area contributed by atoms with Gasteiger partial charge in [0.1, 0.15) is 0 Å². The first-order valence-electron chi connectivity index (χ1n) is 6.22. The van der Waals surface area contributed by atoms with Gasteiger partial charge in [0.2, 0.25) is 0 Å². The molecule has 4 nitrogen and oxygen atoms in total. The van der Waals surface area contributed by atoms with Crippen LogP contribution in [0.1, 0.15) is 32.1 Å². The van der Waals surface area contributed by atoms with Crippen molar-refractivity contribution in [3.63, 3.8) is 0 Å². The maximum atomic E-state index is 9.55. The molecule has 4 heteroatoms. The minimum atomic E-state index is -0.636. The molecule has 1 saturated heterocycles. The van der Waals surface area contributed by atoms with Gasteiger partial charge in [0.05, 0.1) is 24.2 Å². The van der Waals surface area contributed by atoms with Crippen LogP contribution in [0.3, 0.4) is 0 Å². The van der Waals surface area contributed by atoms with Gasteiger partial charge in [-0.15, -0.1) is 0 Å². The Bertz CT molecular complexity index is 267. The van der Waals surface area contributed by atoms with E-state index < -0.39 is 12.2 Å². The molecule has 1 heterocycles. The van der Waals surface area contributed by atoms with Gasteiger partial charge in [-0.3, -0.25) is 4.90 Å². The van der Waals surface area contributed by atoms with Gasteiger partial charge in [-0.25, -0.2) is 0 Å². The number of β-amino-alcohol motifs (C(OH)–C–C–N with tert-alkyl or cyclic N) is 2. The lowest BCUT2D eigenvalue weighted by Gasteiger charge is -2.29. The zero-order valence-electron chi connectivity index (χ0n) is 9.55. The van der Waals surface area contributed by atoms with Crippen molar-refractivity contribution in [1.29, 1.82) is 5.26 Å². The summed E-state index contributed by atoms with van der Waals surface area (Å²) in [5.41, 5.74) is 0. The van der Waals surface area contributed by atoms with Gasteiger partial charge in [-0.2, -0.15) is 5.26 Å². The summed E-state index contributed by atoms with van der Waals surface area (Å²) in [4.78, 5) is 2.11. The molecule has 0 radical (unpaired) electrons. The molecule has 0 spiro atoms. The van der Waals surface area contributed by atoms with Crippen molar-refractivity contribution in [3.8, 4) is 6.07 Å². The first-order chi connectivity index (χ1) is 7.72. The van der Waals surface area contributed by atoms with E-state index in [-0.39, 0.29) is 12.0 Å². The Kier molecular flexibility index (Phi) is 3.80. The van der Waals surface area contributed by atoms with E-state index in [4.69, 9.17) is 0 Å². The Morgan fingerprint density at radius 3 is 2.25 bits per heavy atom. The first kappa shape index (κ1) is 11.8. The third-order valence-corrected chi connectivity index (χ3v) is 3.90. The van der Waals surface area contributed by atoms with E-state index in [2.05, 4.69) is 11.0 Å². The number of nitriles is 1. The third kappa shape index (κ3) is 2.37. The van der Waals surface area contributed by atoms with Crippen molar-refractivity contribution in [1.82, 2.24) is 4.90 Å². The molecule has 1 aliphatic carbocycles. The number of likely N-dealkylation sites (tertiary alicyclic amines) is 1. The summed E-state index contributed by atoms with van der Waals surface area (Å²) in [5, 5.41) is 28.3. The van der Waals surface area contributed by atoms with E-state index in [1.807, 2.05) is 0 Å². The fourth-order valence-electron chi connectivity index (χ4n) is 2.94. The van der Waals surface area contributed by atoms with Crippen molar-refractivity contribution >= 4 is 0 Å². The number of aliphatic hydroxyl groups is 2. The Labute approximate surface area is 96.5 Å². The van der Waals surface area contributed by atoms with Gasteiger partial charge in [-0.05, 0) is 12.8 Å². The second kappa shape index (κ2) is 5.13. The summed E-state index contributed by atoms with van der Waals surface area (Å²) in [6.07, 6.45) is 4.21. The van der Waals surface area contributed by atoms with E-state index in [9.17, 15) is 15.5 Å². The summed E-state index contributed by atoms with van der Waals surface area (Å²) < 4.78 is 0. The van der Waals surface area contributed by atoms with Crippen LogP contribution in [0.15, 0.2) is 0 Å². The number of hydrogen-bond acceptors (Lipinski definition) is 4. The number of aliphatic hydroxyl groups excluding tert-OH is 2. The average Bonchev–Trinajstić information content (AvgIpc) is 2.53. The molecule has 4 atom stereocenters. The predicted octanol–water partition coefficient (Wildman–Crippen LogP) is 0.496. The molecular formula is C12H20N2O2. The maximum Gasteiger partial charge on any atom is 0.0938 e. The minimum absolute atomic E-state index is 0.0694. The molecule has 2 aliphatic rings. The van der Waals surface area contributed by atoms with E-state index in [0.717, 1.165) is 25.7 Å². The topological polar surface area (TPSA) is 67.5 Å². The van der Waals surface area contributed by atoms with Crippen LogP contribution < -0.4 is 0 Å². The highest BCUT2D eigenvalue weighted by Crippen LogP contribution is 2.29. The van der Waals surface area contributed by atoms with Crippen molar-refractivity contribution < 1.29 is 10.2 Å². The molecule has 4 unspecified atom stereocenters. The van der Waals surface area contributed by atoms with E-state index in [1.54, 1.807) is 0 Å². The minimum Gasteiger partial charge on any atom is -0.389 e. The summed E-state index contributed by atoms with van der Waals surface area (Å²) in [6, 6.07) is 2.63. The molecule has 2 fully saturated rings. The zero-order valence-corrected chi connectivity index (χ0v) is 9.55. The standard InChI is InChI=1S/C12H20N2O2/c13-6-9-4-2-1-3-5-10(9)14-7-11(15)12(16)8-14/h9-12,15-16H,1-5,7-8H2. The molecule has 0 aromatic rings. The predicted molar refractivity (Wildman–Crippen MR) is 59.6 cm³/mol. The fraction of sp³-hybridized carbons (Fsp3) is 0.917. The second-order valence-electron chi connectivity index (χ2n) is 5.03. The Morgan fingerprint density at radius 2 is 1.62 bits per heavy atom. The summed E-state index contributed by atoms with van der Waals surface area (Å²) in [5.74, 6) is 0.0694. The number of nitrogens with zero attached hydrogens (tertiary/aromatic N) is 2. The largest absolute Gasteiger partial charge is 0.389 e. The second-order valence-corrected chi connectivity index (χ2v) is 5.03. The quantitative estimate of drug-likeness (QED) is 0.636. The van der Waals surface area contributed by atoms with Crippen molar-refractivity contribution in [2.24, 2.45) is 5.92 Å².